The van der Waals surface area contributed by atoms with E-state index in [2.05, 4.69) is 12.0 Å². The van der Waals surface area contributed by atoms with Crippen molar-refractivity contribution in [2.24, 2.45) is 5.10 Å². The first-order valence-corrected chi connectivity index (χ1v) is 4.20. The first kappa shape index (κ1) is 7.88. The Labute approximate surface area is 65.3 Å². The van der Waals surface area contributed by atoms with Crippen LogP contribution in [0.1, 0.15) is 13.3 Å². The quantitative estimate of drug-likeness (QED) is 0.618. The van der Waals surface area contributed by atoms with Crippen LogP contribution in [0.15, 0.2) is 5.10 Å². The lowest BCUT2D eigenvalue weighted by atomic mass is 10.2. The molecule has 1 aliphatic rings. The summed E-state index contributed by atoms with van der Waals surface area (Å²) >= 11 is 0.878. The van der Waals surface area contributed by atoms with E-state index in [0.717, 1.165) is 18.5 Å². The molecule has 0 amide bonds. The van der Waals surface area contributed by atoms with Crippen LogP contribution in [0.25, 0.3) is 0 Å². The van der Waals surface area contributed by atoms with Crippen molar-refractivity contribution in [1.82, 2.24) is 5.01 Å². The van der Waals surface area contributed by atoms with Crippen LogP contribution in [-0.2, 0) is 0 Å². The molecule has 0 aromatic heterocycles. The van der Waals surface area contributed by atoms with Crippen LogP contribution in [0.3, 0.4) is 0 Å². The maximum atomic E-state index is 8.78. The van der Waals surface area contributed by atoms with Crippen LogP contribution in [-0.4, -0.2) is 34.1 Å². The summed E-state index contributed by atoms with van der Waals surface area (Å²) in [6.07, 6.45) is 2.81. The van der Waals surface area contributed by atoms with Crippen molar-refractivity contribution in [3.63, 3.8) is 0 Å². The zero-order valence-corrected chi connectivity index (χ0v) is 7.01. The Morgan fingerprint density at radius 3 is 2.90 bits per heavy atom. The van der Waals surface area contributed by atoms with Gasteiger partial charge in [-0.05, 0) is 18.5 Å². The highest BCUT2D eigenvalue weighted by atomic mass is 32.2. The van der Waals surface area contributed by atoms with E-state index >= 15 is 0 Å². The molecule has 0 fully saturated rings. The van der Waals surface area contributed by atoms with Crippen molar-refractivity contribution in [2.45, 2.75) is 24.6 Å². The van der Waals surface area contributed by atoms with Crippen LogP contribution < -0.4 is 0 Å². The summed E-state index contributed by atoms with van der Waals surface area (Å²) < 4.78 is 8.78. The van der Waals surface area contributed by atoms with Gasteiger partial charge in [0.05, 0.1) is 11.3 Å². The highest BCUT2D eigenvalue weighted by molar-refractivity contribution is 7.95. The van der Waals surface area contributed by atoms with Crippen LogP contribution in [0.4, 0.5) is 0 Å². The number of hydrazone groups is 1. The summed E-state index contributed by atoms with van der Waals surface area (Å²) in [4.78, 5) is 0. The zero-order chi connectivity index (χ0) is 7.56. The average molecular weight is 160 g/mol. The van der Waals surface area contributed by atoms with Gasteiger partial charge in [-0.15, -0.1) is 0 Å². The molecule has 1 heterocycles. The van der Waals surface area contributed by atoms with Crippen molar-refractivity contribution in [2.75, 3.05) is 7.05 Å². The van der Waals surface area contributed by atoms with Gasteiger partial charge in [-0.3, -0.25) is 5.01 Å². The monoisotopic (exact) mass is 160 g/mol. The zero-order valence-electron chi connectivity index (χ0n) is 6.19. The van der Waals surface area contributed by atoms with Crippen LogP contribution in [0.2, 0.25) is 0 Å². The van der Waals surface area contributed by atoms with Gasteiger partial charge in [-0.1, -0.05) is 6.92 Å². The number of hydrogen-bond acceptors (Lipinski definition) is 4. The molecule has 0 spiro atoms. The molecule has 0 radical (unpaired) electrons. The Morgan fingerprint density at radius 2 is 2.50 bits per heavy atom. The molecule has 1 rings (SSSR count). The molecule has 0 aromatic carbocycles. The minimum atomic E-state index is 0.162. The SMILES string of the molecule is CCC1C(SO)C=NN1C. The van der Waals surface area contributed by atoms with Gasteiger partial charge in [0.1, 0.15) is 0 Å². The molecule has 0 saturated carbocycles. The van der Waals surface area contributed by atoms with Gasteiger partial charge in [0.15, 0.2) is 0 Å². The minimum Gasteiger partial charge on any atom is -0.329 e. The average Bonchev–Trinajstić information content (AvgIpc) is 2.30. The van der Waals surface area contributed by atoms with Crippen molar-refractivity contribution in [3.05, 3.63) is 0 Å². The van der Waals surface area contributed by atoms with E-state index in [1.165, 1.54) is 0 Å². The standard InChI is InChI=1S/C6H12N2OS/c1-3-5-6(10-9)4-7-8(5)2/h4-6,9H,3H2,1-2H3. The van der Waals surface area contributed by atoms with Crippen molar-refractivity contribution >= 4 is 18.3 Å². The molecule has 2 atom stereocenters. The largest absolute Gasteiger partial charge is 0.329 e. The van der Waals surface area contributed by atoms with Gasteiger partial charge in [0.2, 0.25) is 0 Å². The van der Waals surface area contributed by atoms with Crippen molar-refractivity contribution in [3.8, 4) is 0 Å². The fourth-order valence-corrected chi connectivity index (χ4v) is 1.78. The van der Waals surface area contributed by atoms with Gasteiger partial charge in [0, 0.05) is 13.3 Å². The second kappa shape index (κ2) is 3.25. The predicted molar refractivity (Wildman–Crippen MR) is 44.3 cm³/mol. The number of hydrogen-bond donors (Lipinski definition) is 1. The molecule has 4 heteroatoms. The molecule has 1 N–H and O–H groups in total. The lowest BCUT2D eigenvalue weighted by Crippen LogP contribution is -2.30. The normalized spacial score (nSPS) is 31.7. The molecule has 0 aliphatic carbocycles. The molecule has 10 heavy (non-hydrogen) atoms. The molecule has 3 nitrogen and oxygen atoms in total. The molecular weight excluding hydrogens is 148 g/mol. The Bertz CT molecular complexity index is 140. The van der Waals surface area contributed by atoms with Crippen molar-refractivity contribution in [1.29, 1.82) is 0 Å². The van der Waals surface area contributed by atoms with Crippen LogP contribution in [0.5, 0.6) is 0 Å². The molecule has 0 bridgehead atoms. The van der Waals surface area contributed by atoms with Crippen LogP contribution in [0, 0.1) is 0 Å². The van der Waals surface area contributed by atoms with E-state index < -0.39 is 0 Å². The van der Waals surface area contributed by atoms with Gasteiger partial charge < -0.3 is 4.55 Å². The van der Waals surface area contributed by atoms with E-state index in [0.29, 0.717) is 6.04 Å². The third-order valence-corrected chi connectivity index (χ3v) is 2.47. The minimum absolute atomic E-state index is 0.162. The molecule has 1 aliphatic heterocycles. The lowest BCUT2D eigenvalue weighted by molar-refractivity contribution is 0.280. The van der Waals surface area contributed by atoms with Crippen molar-refractivity contribution < 1.29 is 4.55 Å². The topological polar surface area (TPSA) is 35.8 Å². The van der Waals surface area contributed by atoms with Gasteiger partial charge in [-0.2, -0.15) is 5.10 Å². The summed E-state index contributed by atoms with van der Waals surface area (Å²) in [7, 11) is 1.93. The molecule has 0 aromatic rings. The predicted octanol–water partition coefficient (Wildman–Crippen LogP) is 1.27. The first-order valence-electron chi connectivity index (χ1n) is 3.36. The summed E-state index contributed by atoms with van der Waals surface area (Å²) in [5, 5.41) is 6.13. The first-order chi connectivity index (χ1) is 4.79. The van der Waals surface area contributed by atoms with E-state index in [-0.39, 0.29) is 5.25 Å². The van der Waals surface area contributed by atoms with E-state index in [1.54, 1.807) is 6.21 Å². The third kappa shape index (κ3) is 1.27. The summed E-state index contributed by atoms with van der Waals surface area (Å²) in [6.45, 7) is 2.10. The van der Waals surface area contributed by atoms with Gasteiger partial charge in [0.25, 0.3) is 0 Å². The second-order valence-corrected chi connectivity index (χ2v) is 3.14. The number of nitrogens with zero attached hydrogens (tertiary/aromatic N) is 2. The van der Waals surface area contributed by atoms with E-state index in [4.69, 9.17) is 4.55 Å². The fourth-order valence-electron chi connectivity index (χ4n) is 1.16. The molecule has 2 unspecified atom stereocenters. The van der Waals surface area contributed by atoms with Gasteiger partial charge >= 0.3 is 0 Å². The van der Waals surface area contributed by atoms with E-state index in [9.17, 15) is 0 Å². The van der Waals surface area contributed by atoms with Gasteiger partial charge in [-0.25, -0.2) is 0 Å². The molecule has 58 valence electrons. The third-order valence-electron chi connectivity index (χ3n) is 1.79. The second-order valence-electron chi connectivity index (χ2n) is 2.38. The highest BCUT2D eigenvalue weighted by Crippen LogP contribution is 2.21. The van der Waals surface area contributed by atoms with Crippen LogP contribution >= 0.6 is 12.0 Å². The highest BCUT2D eigenvalue weighted by Gasteiger charge is 2.26. The molecular formula is C6H12N2OS. The lowest BCUT2D eigenvalue weighted by Gasteiger charge is -2.20. The Balaban J connectivity index is 2.53. The smallest absolute Gasteiger partial charge is 0.0897 e. The molecule has 0 saturated heterocycles. The van der Waals surface area contributed by atoms with E-state index in [1.807, 2.05) is 12.1 Å². The number of rotatable bonds is 2. The summed E-state index contributed by atoms with van der Waals surface area (Å²) in [5.41, 5.74) is 0. The maximum Gasteiger partial charge on any atom is 0.0897 e. The maximum absolute atomic E-state index is 8.78. The summed E-state index contributed by atoms with van der Waals surface area (Å²) in [6, 6.07) is 0.370. The Hall–Kier alpha value is -0.220. The Kier molecular flexibility index (Phi) is 2.56. The Morgan fingerprint density at radius 1 is 1.80 bits per heavy atom. The fraction of sp³-hybridized carbons (Fsp3) is 0.833. The summed E-state index contributed by atoms with van der Waals surface area (Å²) in [5.74, 6) is 0.